The normalized spacial score (nSPS) is 20.0. The van der Waals surface area contributed by atoms with Crippen LogP contribution in [-0.2, 0) is 9.59 Å². The Morgan fingerprint density at radius 1 is 1.32 bits per heavy atom. The minimum absolute atomic E-state index is 0.200. The molecule has 5 nitrogen and oxygen atoms in total. The summed E-state index contributed by atoms with van der Waals surface area (Å²) in [6, 6.07) is 7.09. The van der Waals surface area contributed by atoms with Gasteiger partial charge in [0.2, 0.25) is 5.91 Å². The molecule has 0 saturated heterocycles. The van der Waals surface area contributed by atoms with Crippen LogP contribution in [0.3, 0.4) is 0 Å². The van der Waals surface area contributed by atoms with Crippen LogP contribution in [0, 0.1) is 0 Å². The molecule has 19 heavy (non-hydrogen) atoms. The molecule has 1 unspecified atom stereocenters. The fraction of sp³-hybridized carbons (Fsp3) is 0.308. The van der Waals surface area contributed by atoms with E-state index >= 15 is 0 Å². The van der Waals surface area contributed by atoms with Crippen molar-refractivity contribution in [1.29, 1.82) is 0 Å². The molecule has 1 heterocycles. The van der Waals surface area contributed by atoms with Crippen molar-refractivity contribution in [3.8, 4) is 0 Å². The van der Waals surface area contributed by atoms with E-state index in [1.807, 2.05) is 6.07 Å². The molecule has 0 aliphatic carbocycles. The van der Waals surface area contributed by atoms with Gasteiger partial charge in [0.15, 0.2) is 0 Å². The first-order chi connectivity index (χ1) is 8.80. The number of aliphatic imine (C=N–C) groups is 1. The average molecular weight is 324 g/mol. The van der Waals surface area contributed by atoms with Crippen LogP contribution < -0.4 is 11.1 Å². The zero-order valence-electron chi connectivity index (χ0n) is 10.6. The van der Waals surface area contributed by atoms with Crippen LogP contribution in [0.2, 0.25) is 0 Å². The number of hydrogen-bond acceptors (Lipinski definition) is 3. The minimum atomic E-state index is -0.929. The number of nitrogens with zero attached hydrogens (tertiary/aromatic N) is 1. The Morgan fingerprint density at radius 2 is 1.95 bits per heavy atom. The van der Waals surface area contributed by atoms with Crippen LogP contribution in [0.5, 0.6) is 0 Å². The van der Waals surface area contributed by atoms with Crippen molar-refractivity contribution in [2.75, 3.05) is 0 Å². The third kappa shape index (κ3) is 2.74. The maximum atomic E-state index is 12.1. The van der Waals surface area contributed by atoms with E-state index in [0.29, 0.717) is 10.0 Å². The van der Waals surface area contributed by atoms with Gasteiger partial charge in [0.25, 0.3) is 5.91 Å². The molecule has 1 atom stereocenters. The predicted molar refractivity (Wildman–Crippen MR) is 75.7 cm³/mol. The monoisotopic (exact) mass is 323 g/mol. The molecule has 6 heteroatoms. The molecule has 3 N–H and O–H groups in total. The van der Waals surface area contributed by atoms with Crippen molar-refractivity contribution in [3.05, 3.63) is 34.3 Å². The Hall–Kier alpha value is -1.53. The highest BCUT2D eigenvalue weighted by Gasteiger charge is 2.37. The summed E-state index contributed by atoms with van der Waals surface area (Å²) in [6.45, 7) is 3.36. The lowest BCUT2D eigenvalue weighted by Crippen LogP contribution is -2.55. The van der Waals surface area contributed by atoms with E-state index in [9.17, 15) is 9.59 Å². The summed E-state index contributed by atoms with van der Waals surface area (Å²) in [7, 11) is 0. The summed E-state index contributed by atoms with van der Waals surface area (Å²) in [6.07, 6.45) is 0. The predicted octanol–water partition coefficient (Wildman–Crippen LogP) is 1.32. The number of carbonyl (C=O) groups excluding carboxylic acids is 2. The summed E-state index contributed by atoms with van der Waals surface area (Å²) >= 11 is 3.34. The van der Waals surface area contributed by atoms with Gasteiger partial charge in [-0.3, -0.25) is 9.59 Å². The van der Waals surface area contributed by atoms with E-state index in [-0.39, 0.29) is 5.84 Å². The summed E-state index contributed by atoms with van der Waals surface area (Å²) in [4.78, 5) is 28.1. The van der Waals surface area contributed by atoms with Gasteiger partial charge in [-0.2, -0.15) is 4.99 Å². The van der Waals surface area contributed by atoms with E-state index in [0.717, 1.165) is 0 Å². The first-order valence-electron chi connectivity index (χ1n) is 5.78. The molecule has 1 aliphatic rings. The van der Waals surface area contributed by atoms with Crippen LogP contribution in [0.1, 0.15) is 25.3 Å². The average Bonchev–Trinajstić information content (AvgIpc) is 2.29. The largest absolute Gasteiger partial charge is 0.319 e. The molecule has 0 aromatic heterocycles. The molecular weight excluding hydrogens is 310 g/mol. The van der Waals surface area contributed by atoms with Crippen molar-refractivity contribution >= 4 is 33.6 Å². The van der Waals surface area contributed by atoms with Gasteiger partial charge in [0, 0.05) is 4.47 Å². The molecule has 0 radical (unpaired) electrons. The quantitative estimate of drug-likeness (QED) is 0.805. The Balaban J connectivity index is 2.42. The molecule has 0 saturated carbocycles. The molecule has 1 aromatic carbocycles. The standard InChI is InChI=1S/C13H14BrN3O2/c1-13(2,15)12-16-10(18)9(11(19)17-12)7-5-3-4-6-8(7)14/h3-6,9H,15H2,1-2H3,(H,16,17,18,19). The van der Waals surface area contributed by atoms with Crippen LogP contribution in [-0.4, -0.2) is 23.2 Å². The molecule has 1 aromatic rings. The van der Waals surface area contributed by atoms with Crippen molar-refractivity contribution < 1.29 is 9.59 Å². The van der Waals surface area contributed by atoms with Crippen molar-refractivity contribution in [2.45, 2.75) is 25.3 Å². The van der Waals surface area contributed by atoms with Gasteiger partial charge in [-0.25, -0.2) is 0 Å². The van der Waals surface area contributed by atoms with Crippen molar-refractivity contribution in [2.24, 2.45) is 10.7 Å². The second-order valence-corrected chi connectivity index (χ2v) is 5.82. The van der Waals surface area contributed by atoms with E-state index in [1.54, 1.807) is 32.0 Å². The van der Waals surface area contributed by atoms with Gasteiger partial charge >= 0.3 is 0 Å². The summed E-state index contributed by atoms with van der Waals surface area (Å²) in [5, 5.41) is 2.61. The number of rotatable bonds is 2. The molecule has 2 rings (SSSR count). The zero-order chi connectivity index (χ0) is 14.2. The van der Waals surface area contributed by atoms with Gasteiger partial charge in [0.05, 0.1) is 5.54 Å². The Morgan fingerprint density at radius 3 is 2.47 bits per heavy atom. The summed E-state index contributed by atoms with van der Waals surface area (Å²) < 4.78 is 0.703. The highest BCUT2D eigenvalue weighted by Crippen LogP contribution is 2.28. The number of carbonyl (C=O) groups is 2. The topological polar surface area (TPSA) is 84.5 Å². The SMILES string of the molecule is CC(C)(N)C1=NC(=O)C(c2ccccc2Br)C(=O)N1. The van der Waals surface area contributed by atoms with Gasteiger partial charge in [0.1, 0.15) is 11.8 Å². The van der Waals surface area contributed by atoms with Gasteiger partial charge in [-0.1, -0.05) is 34.1 Å². The van der Waals surface area contributed by atoms with Crippen LogP contribution >= 0.6 is 15.9 Å². The molecule has 2 amide bonds. The van der Waals surface area contributed by atoms with Crippen molar-refractivity contribution in [1.82, 2.24) is 5.32 Å². The number of hydrogen-bond donors (Lipinski definition) is 2. The van der Waals surface area contributed by atoms with Gasteiger partial charge in [-0.05, 0) is 25.5 Å². The molecule has 1 aliphatic heterocycles. The van der Waals surface area contributed by atoms with Crippen molar-refractivity contribution in [3.63, 3.8) is 0 Å². The fourth-order valence-electron chi connectivity index (χ4n) is 1.79. The minimum Gasteiger partial charge on any atom is -0.319 e. The van der Waals surface area contributed by atoms with E-state index in [4.69, 9.17) is 5.73 Å². The van der Waals surface area contributed by atoms with Gasteiger partial charge in [-0.15, -0.1) is 0 Å². The highest BCUT2D eigenvalue weighted by molar-refractivity contribution is 9.10. The fourth-order valence-corrected chi connectivity index (χ4v) is 2.31. The van der Waals surface area contributed by atoms with Crippen LogP contribution in [0.25, 0.3) is 0 Å². The number of nitrogens with two attached hydrogens (primary N) is 1. The smallest absolute Gasteiger partial charge is 0.264 e. The number of amides is 2. The lowest BCUT2D eigenvalue weighted by Gasteiger charge is -2.27. The lowest BCUT2D eigenvalue weighted by molar-refractivity contribution is -0.130. The second kappa shape index (κ2) is 4.86. The van der Waals surface area contributed by atoms with Crippen LogP contribution in [0.15, 0.2) is 33.7 Å². The van der Waals surface area contributed by atoms with E-state index < -0.39 is 23.3 Å². The molecule has 100 valence electrons. The Labute approximate surface area is 119 Å². The zero-order valence-corrected chi connectivity index (χ0v) is 12.2. The molecule has 0 fully saturated rings. The molecular formula is C13H14BrN3O2. The Kier molecular flexibility index (Phi) is 3.56. The third-order valence-electron chi connectivity index (χ3n) is 2.80. The Bertz CT molecular complexity index is 575. The maximum absolute atomic E-state index is 12.1. The maximum Gasteiger partial charge on any atom is 0.264 e. The number of amidine groups is 1. The van der Waals surface area contributed by atoms with Gasteiger partial charge < -0.3 is 11.1 Å². The highest BCUT2D eigenvalue weighted by atomic mass is 79.9. The summed E-state index contributed by atoms with van der Waals surface area (Å²) in [5.74, 6) is -1.63. The molecule has 0 bridgehead atoms. The lowest BCUT2D eigenvalue weighted by atomic mass is 9.94. The number of benzene rings is 1. The number of nitrogens with one attached hydrogen (secondary N) is 1. The van der Waals surface area contributed by atoms with E-state index in [1.165, 1.54) is 0 Å². The van der Waals surface area contributed by atoms with E-state index in [2.05, 4.69) is 26.2 Å². The first-order valence-corrected chi connectivity index (χ1v) is 6.57. The van der Waals surface area contributed by atoms with Crippen LogP contribution in [0.4, 0.5) is 0 Å². The second-order valence-electron chi connectivity index (χ2n) is 4.96. The molecule has 0 spiro atoms. The number of halogens is 1. The first kappa shape index (κ1) is 13.9. The summed E-state index contributed by atoms with van der Waals surface area (Å²) in [5.41, 5.74) is 5.58. The third-order valence-corrected chi connectivity index (χ3v) is 3.52.